The molecule has 3 aromatic rings. The molecule has 1 aromatic heterocycles. The van der Waals surface area contributed by atoms with E-state index < -0.39 is 10.0 Å². The first-order chi connectivity index (χ1) is 13.4. The third-order valence-corrected chi connectivity index (χ3v) is 6.77. The summed E-state index contributed by atoms with van der Waals surface area (Å²) < 4.78 is 25.5. The summed E-state index contributed by atoms with van der Waals surface area (Å²) in [5.41, 5.74) is 6.86. The van der Waals surface area contributed by atoms with Gasteiger partial charge in [0.25, 0.3) is 0 Å². The van der Waals surface area contributed by atoms with Crippen molar-refractivity contribution in [3.8, 4) is 11.3 Å². The molecule has 0 fully saturated rings. The molecular formula is C20H22N4O2S2. The van der Waals surface area contributed by atoms with Crippen LogP contribution in [0.3, 0.4) is 0 Å². The van der Waals surface area contributed by atoms with Crippen molar-refractivity contribution in [3.63, 3.8) is 0 Å². The number of aryl methyl sites for hydroxylation is 1. The molecule has 0 saturated heterocycles. The molecule has 8 heteroatoms. The monoisotopic (exact) mass is 414 g/mol. The molecule has 0 aliphatic heterocycles. The molecular weight excluding hydrogens is 392 g/mol. The van der Waals surface area contributed by atoms with E-state index in [1.807, 2.05) is 17.5 Å². The van der Waals surface area contributed by atoms with Gasteiger partial charge in [0.1, 0.15) is 0 Å². The molecule has 0 amide bonds. The number of nitrogens with zero attached hydrogens (tertiary/aromatic N) is 3. The summed E-state index contributed by atoms with van der Waals surface area (Å²) >= 11 is 1.44. The Morgan fingerprint density at radius 1 is 1.11 bits per heavy atom. The minimum Gasteiger partial charge on any atom is -0.253 e. The van der Waals surface area contributed by atoms with Crippen LogP contribution >= 0.6 is 11.3 Å². The first-order valence-corrected chi connectivity index (χ1v) is 11.1. The summed E-state index contributed by atoms with van der Waals surface area (Å²) in [5.74, 6) is 0. The molecule has 3 rings (SSSR count). The SMILES string of the molecule is CCc1ccc(C=NNc2nc(-c3ccc(S(=O)(=O)N(C)C)cc3)cs2)cc1. The number of hydrazone groups is 1. The fourth-order valence-electron chi connectivity index (χ4n) is 2.47. The lowest BCUT2D eigenvalue weighted by atomic mass is 10.1. The van der Waals surface area contributed by atoms with E-state index in [2.05, 4.69) is 34.6 Å². The van der Waals surface area contributed by atoms with Gasteiger partial charge in [0.05, 0.1) is 16.8 Å². The van der Waals surface area contributed by atoms with Gasteiger partial charge in [-0.15, -0.1) is 11.3 Å². The zero-order valence-electron chi connectivity index (χ0n) is 16.0. The number of aromatic nitrogens is 1. The van der Waals surface area contributed by atoms with E-state index in [1.165, 1.54) is 35.3 Å². The molecule has 6 nitrogen and oxygen atoms in total. The normalized spacial score (nSPS) is 12.0. The Hall–Kier alpha value is -2.55. The fourth-order valence-corrected chi connectivity index (χ4v) is 4.04. The number of hydrogen-bond donors (Lipinski definition) is 1. The molecule has 2 aromatic carbocycles. The van der Waals surface area contributed by atoms with Crippen LogP contribution in [-0.2, 0) is 16.4 Å². The Labute approximate surface area is 169 Å². The highest BCUT2D eigenvalue weighted by atomic mass is 32.2. The molecule has 28 heavy (non-hydrogen) atoms. The quantitative estimate of drug-likeness (QED) is 0.467. The molecule has 1 N–H and O–H groups in total. The number of hydrogen-bond acceptors (Lipinski definition) is 6. The second-order valence-corrected chi connectivity index (χ2v) is 9.32. The van der Waals surface area contributed by atoms with Gasteiger partial charge in [-0.1, -0.05) is 43.3 Å². The van der Waals surface area contributed by atoms with E-state index in [4.69, 9.17) is 0 Å². The largest absolute Gasteiger partial charge is 0.253 e. The van der Waals surface area contributed by atoms with Gasteiger partial charge in [0, 0.05) is 25.0 Å². The minimum atomic E-state index is -3.43. The third-order valence-electron chi connectivity index (χ3n) is 4.19. The molecule has 0 radical (unpaired) electrons. The van der Waals surface area contributed by atoms with Gasteiger partial charge >= 0.3 is 0 Å². The predicted octanol–water partition coefficient (Wildman–Crippen LogP) is 4.07. The van der Waals surface area contributed by atoms with Crippen LogP contribution in [0.25, 0.3) is 11.3 Å². The fraction of sp³-hybridized carbons (Fsp3) is 0.200. The topological polar surface area (TPSA) is 74.7 Å². The number of sulfonamides is 1. The van der Waals surface area contributed by atoms with Crippen LogP contribution < -0.4 is 5.43 Å². The zero-order valence-corrected chi connectivity index (χ0v) is 17.6. The second-order valence-electron chi connectivity index (χ2n) is 6.31. The van der Waals surface area contributed by atoms with Gasteiger partial charge in [-0.25, -0.2) is 17.7 Å². The maximum atomic E-state index is 12.1. The number of anilines is 1. The van der Waals surface area contributed by atoms with Crippen LogP contribution in [0.2, 0.25) is 0 Å². The third kappa shape index (κ3) is 4.64. The highest BCUT2D eigenvalue weighted by molar-refractivity contribution is 7.89. The number of rotatable bonds is 7. The molecule has 0 aliphatic rings. The van der Waals surface area contributed by atoms with E-state index in [-0.39, 0.29) is 4.90 Å². The van der Waals surface area contributed by atoms with Crippen molar-refractivity contribution in [1.82, 2.24) is 9.29 Å². The van der Waals surface area contributed by atoms with Gasteiger partial charge in [-0.2, -0.15) is 5.10 Å². The standard InChI is InChI=1S/C20H22N4O2S2/c1-4-15-5-7-16(8-6-15)13-21-23-20-22-19(14-27-20)17-9-11-18(12-10-17)28(25,26)24(2)3/h5-14H,4H2,1-3H3,(H,22,23). The van der Waals surface area contributed by atoms with Gasteiger partial charge in [-0.3, -0.25) is 5.43 Å². The highest BCUT2D eigenvalue weighted by Crippen LogP contribution is 2.26. The summed E-state index contributed by atoms with van der Waals surface area (Å²) in [5, 5.41) is 6.80. The van der Waals surface area contributed by atoms with E-state index in [0.717, 1.165) is 23.2 Å². The molecule has 0 spiro atoms. The molecule has 0 aliphatic carbocycles. The van der Waals surface area contributed by atoms with Crippen LogP contribution in [0.4, 0.5) is 5.13 Å². The second kappa shape index (κ2) is 8.64. The Morgan fingerprint density at radius 3 is 2.39 bits per heavy atom. The van der Waals surface area contributed by atoms with Gasteiger partial charge in [0.2, 0.25) is 15.2 Å². The molecule has 0 bridgehead atoms. The van der Waals surface area contributed by atoms with Crippen molar-refractivity contribution in [2.45, 2.75) is 18.2 Å². The Bertz CT molecular complexity index is 1050. The van der Waals surface area contributed by atoms with Crippen molar-refractivity contribution in [2.24, 2.45) is 5.10 Å². The van der Waals surface area contributed by atoms with Gasteiger partial charge < -0.3 is 0 Å². The van der Waals surface area contributed by atoms with E-state index in [9.17, 15) is 8.42 Å². The lowest BCUT2D eigenvalue weighted by Crippen LogP contribution is -2.22. The van der Waals surface area contributed by atoms with Gasteiger partial charge in [0.15, 0.2) is 0 Å². The number of nitrogens with one attached hydrogen (secondary N) is 1. The van der Waals surface area contributed by atoms with Crippen molar-refractivity contribution in [1.29, 1.82) is 0 Å². The Balaban J connectivity index is 1.67. The highest BCUT2D eigenvalue weighted by Gasteiger charge is 2.17. The molecule has 0 atom stereocenters. The summed E-state index contributed by atoms with van der Waals surface area (Å²) in [6.45, 7) is 2.12. The van der Waals surface area contributed by atoms with E-state index >= 15 is 0 Å². The summed E-state index contributed by atoms with van der Waals surface area (Å²) in [7, 11) is -0.401. The van der Waals surface area contributed by atoms with E-state index in [0.29, 0.717) is 5.13 Å². The maximum Gasteiger partial charge on any atom is 0.242 e. The van der Waals surface area contributed by atoms with Crippen LogP contribution in [0.15, 0.2) is 63.9 Å². The smallest absolute Gasteiger partial charge is 0.242 e. The predicted molar refractivity (Wildman–Crippen MR) is 115 cm³/mol. The van der Waals surface area contributed by atoms with Crippen molar-refractivity contribution in [2.75, 3.05) is 19.5 Å². The lowest BCUT2D eigenvalue weighted by molar-refractivity contribution is 0.521. The molecule has 0 unspecified atom stereocenters. The van der Waals surface area contributed by atoms with Crippen LogP contribution in [-0.4, -0.2) is 38.0 Å². The van der Waals surface area contributed by atoms with Crippen molar-refractivity contribution < 1.29 is 8.42 Å². The average molecular weight is 415 g/mol. The number of thiazole rings is 1. The average Bonchev–Trinajstić information content (AvgIpc) is 3.17. The molecule has 1 heterocycles. The van der Waals surface area contributed by atoms with Crippen molar-refractivity contribution >= 4 is 32.7 Å². The first-order valence-electron chi connectivity index (χ1n) is 8.76. The lowest BCUT2D eigenvalue weighted by Gasteiger charge is -2.11. The van der Waals surface area contributed by atoms with Crippen LogP contribution in [0.1, 0.15) is 18.1 Å². The molecule has 0 saturated carbocycles. The maximum absolute atomic E-state index is 12.1. The van der Waals surface area contributed by atoms with E-state index in [1.54, 1.807) is 30.5 Å². The van der Waals surface area contributed by atoms with Gasteiger partial charge in [-0.05, 0) is 29.7 Å². The van der Waals surface area contributed by atoms with Crippen molar-refractivity contribution in [3.05, 3.63) is 65.0 Å². The summed E-state index contributed by atoms with van der Waals surface area (Å²) in [6.07, 6.45) is 2.76. The first kappa shape index (κ1) is 20.2. The zero-order chi connectivity index (χ0) is 20.1. The summed E-state index contributed by atoms with van der Waals surface area (Å²) in [6, 6.07) is 14.9. The number of benzene rings is 2. The van der Waals surface area contributed by atoms with Crippen LogP contribution in [0.5, 0.6) is 0 Å². The summed E-state index contributed by atoms with van der Waals surface area (Å²) in [4.78, 5) is 4.76. The minimum absolute atomic E-state index is 0.258. The van der Waals surface area contributed by atoms with Crippen LogP contribution in [0, 0.1) is 0 Å². The Kier molecular flexibility index (Phi) is 6.23. The molecule has 146 valence electrons. The Morgan fingerprint density at radius 2 is 1.79 bits per heavy atom.